The van der Waals surface area contributed by atoms with Crippen molar-refractivity contribution >= 4 is 28.4 Å². The molecule has 39 heavy (non-hydrogen) atoms. The summed E-state index contributed by atoms with van der Waals surface area (Å²) in [5.41, 5.74) is 0.586. The van der Waals surface area contributed by atoms with E-state index in [-0.39, 0.29) is 46.1 Å². The highest BCUT2D eigenvalue weighted by atomic mass is 16.5. The molecule has 1 aliphatic carbocycles. The molecule has 0 fully saturated rings. The fourth-order valence-corrected chi connectivity index (χ4v) is 5.49. The van der Waals surface area contributed by atoms with E-state index >= 15 is 0 Å². The summed E-state index contributed by atoms with van der Waals surface area (Å²) in [6.45, 7) is 11.2. The zero-order valence-electron chi connectivity index (χ0n) is 22.8. The van der Waals surface area contributed by atoms with Gasteiger partial charge in [-0.1, -0.05) is 26.0 Å². The van der Waals surface area contributed by atoms with E-state index in [1.165, 1.54) is 19.9 Å². The number of nitrogens with zero attached hydrogens (tertiary/aromatic N) is 2. The molecule has 202 valence electrons. The Morgan fingerprint density at radius 3 is 2.51 bits per heavy atom. The minimum absolute atomic E-state index is 0.00516. The number of phenols is 2. The number of phenolic OH excluding ortho intramolecular Hbond substituents is 2. The van der Waals surface area contributed by atoms with E-state index < -0.39 is 28.5 Å². The molecule has 2 aliphatic rings. The first-order valence-electron chi connectivity index (χ1n) is 12.9. The van der Waals surface area contributed by atoms with E-state index in [4.69, 9.17) is 9.72 Å². The number of hydrogen-bond acceptors (Lipinski definition) is 8. The molecule has 0 spiro atoms. The van der Waals surface area contributed by atoms with Gasteiger partial charge in [-0.3, -0.25) is 14.4 Å². The van der Waals surface area contributed by atoms with Crippen LogP contribution >= 0.6 is 0 Å². The molecule has 2 heterocycles. The summed E-state index contributed by atoms with van der Waals surface area (Å²) in [7, 11) is 0. The standard InChI is InChI=1S/C30H31N3O6/c1-14(2)13-33-19-10-8-7-9-18(19)32-22(33)12-31-16(4)23-20(35)11-21-30(6,29(23)38)25-27(37)15(3)26(36)24(17(5)34)28(25)39-21/h7-11,14,31,36-37H,12-13H2,1-6H3/b23-16+/t30-/m0/s1. The molecule has 9 nitrogen and oxygen atoms in total. The number of rotatable bonds is 6. The summed E-state index contributed by atoms with van der Waals surface area (Å²) >= 11 is 0. The van der Waals surface area contributed by atoms with Gasteiger partial charge < -0.3 is 24.8 Å². The monoisotopic (exact) mass is 529 g/mol. The average Bonchev–Trinajstić information content (AvgIpc) is 3.36. The van der Waals surface area contributed by atoms with Crippen molar-refractivity contribution in [1.29, 1.82) is 0 Å². The molecule has 3 N–H and O–H groups in total. The molecule has 0 amide bonds. The second-order valence-electron chi connectivity index (χ2n) is 10.8. The number of nitrogens with one attached hydrogen (secondary N) is 1. The molecular formula is C30H31N3O6. The third-order valence-corrected chi connectivity index (χ3v) is 7.55. The first kappa shape index (κ1) is 26.2. The van der Waals surface area contributed by atoms with Crippen LogP contribution in [0, 0.1) is 12.8 Å². The van der Waals surface area contributed by atoms with Crippen molar-refractivity contribution in [3.05, 3.63) is 69.9 Å². The number of imidazole rings is 1. The molecule has 5 rings (SSSR count). The number of hydrogen-bond donors (Lipinski definition) is 3. The predicted octanol–water partition coefficient (Wildman–Crippen LogP) is 4.36. The third kappa shape index (κ3) is 3.83. The van der Waals surface area contributed by atoms with E-state index in [1.807, 2.05) is 24.3 Å². The predicted molar refractivity (Wildman–Crippen MR) is 145 cm³/mol. The second-order valence-corrected chi connectivity index (χ2v) is 10.8. The normalized spacial score (nSPS) is 19.6. The van der Waals surface area contributed by atoms with Crippen LogP contribution in [0.1, 0.15) is 61.9 Å². The van der Waals surface area contributed by atoms with Gasteiger partial charge in [0.2, 0.25) is 0 Å². The summed E-state index contributed by atoms with van der Waals surface area (Å²) in [5.74, 6) is -1.34. The van der Waals surface area contributed by atoms with Gasteiger partial charge in [0.25, 0.3) is 0 Å². The molecule has 1 aromatic heterocycles. The van der Waals surface area contributed by atoms with Gasteiger partial charge in [-0.2, -0.15) is 0 Å². The Kier molecular flexibility index (Phi) is 6.13. The Bertz CT molecular complexity index is 1660. The maximum Gasteiger partial charge on any atom is 0.194 e. The van der Waals surface area contributed by atoms with E-state index in [9.17, 15) is 24.6 Å². The Balaban J connectivity index is 1.56. The van der Waals surface area contributed by atoms with Crippen LogP contribution in [-0.4, -0.2) is 37.1 Å². The molecule has 0 unspecified atom stereocenters. The number of allylic oxidation sites excluding steroid dienone is 4. The van der Waals surface area contributed by atoms with Crippen LogP contribution in [0.4, 0.5) is 0 Å². The largest absolute Gasteiger partial charge is 0.507 e. The van der Waals surface area contributed by atoms with Crippen LogP contribution in [0.2, 0.25) is 0 Å². The highest BCUT2D eigenvalue weighted by molar-refractivity contribution is 6.31. The van der Waals surface area contributed by atoms with E-state index in [0.29, 0.717) is 11.6 Å². The van der Waals surface area contributed by atoms with Crippen LogP contribution in [-0.2, 0) is 28.1 Å². The van der Waals surface area contributed by atoms with Crippen molar-refractivity contribution in [3.8, 4) is 17.2 Å². The summed E-state index contributed by atoms with van der Waals surface area (Å²) in [5, 5.41) is 24.7. The Morgan fingerprint density at radius 2 is 1.85 bits per heavy atom. The maximum atomic E-state index is 14.0. The zero-order chi connectivity index (χ0) is 28.4. The Hall–Kier alpha value is -4.40. The van der Waals surface area contributed by atoms with Gasteiger partial charge in [0.15, 0.2) is 17.3 Å². The lowest BCUT2D eigenvalue weighted by Crippen LogP contribution is -2.41. The lowest BCUT2D eigenvalue weighted by atomic mass is 9.70. The molecule has 0 bridgehead atoms. The first-order valence-corrected chi connectivity index (χ1v) is 12.9. The van der Waals surface area contributed by atoms with Gasteiger partial charge in [0.1, 0.15) is 39.8 Å². The summed E-state index contributed by atoms with van der Waals surface area (Å²) < 4.78 is 7.96. The minimum atomic E-state index is -1.56. The topological polar surface area (TPSA) is 131 Å². The highest BCUT2D eigenvalue weighted by Crippen LogP contribution is 2.57. The van der Waals surface area contributed by atoms with E-state index in [2.05, 4.69) is 23.7 Å². The lowest BCUT2D eigenvalue weighted by Gasteiger charge is -2.29. The van der Waals surface area contributed by atoms with Crippen LogP contribution in [0.25, 0.3) is 11.0 Å². The number of benzene rings is 2. The summed E-state index contributed by atoms with van der Waals surface area (Å²) in [4.78, 5) is 44.4. The van der Waals surface area contributed by atoms with Crippen LogP contribution in [0.5, 0.6) is 17.2 Å². The third-order valence-electron chi connectivity index (χ3n) is 7.55. The zero-order valence-corrected chi connectivity index (χ0v) is 22.8. The van der Waals surface area contributed by atoms with E-state index in [1.54, 1.807) is 13.8 Å². The second kappa shape index (κ2) is 9.11. The molecular weight excluding hydrogens is 498 g/mol. The highest BCUT2D eigenvalue weighted by Gasteiger charge is 2.56. The number of ketones is 3. The lowest BCUT2D eigenvalue weighted by molar-refractivity contribution is -0.123. The number of aromatic hydroxyl groups is 2. The van der Waals surface area contributed by atoms with Crippen molar-refractivity contribution in [2.45, 2.75) is 60.0 Å². The SMILES string of the molecule is CC(=O)c1c(O)c(C)c(O)c2c1OC1=CC(=O)/C(=C(/C)NCc3nc4ccccc4n3CC(C)C)C(=O)[C@@]12C. The Morgan fingerprint density at radius 1 is 1.15 bits per heavy atom. The van der Waals surface area contributed by atoms with Crippen molar-refractivity contribution < 1.29 is 29.3 Å². The van der Waals surface area contributed by atoms with Crippen molar-refractivity contribution in [1.82, 2.24) is 14.9 Å². The number of fused-ring (bicyclic) bond motifs is 4. The van der Waals surface area contributed by atoms with Gasteiger partial charge >= 0.3 is 0 Å². The van der Waals surface area contributed by atoms with Crippen LogP contribution in [0.15, 0.2) is 47.4 Å². The average molecular weight is 530 g/mol. The number of Topliss-reactive ketones (excluding diaryl/α,β-unsaturated/α-hetero) is 2. The molecule has 9 heteroatoms. The fraction of sp³-hybridized carbons (Fsp3) is 0.333. The quantitative estimate of drug-likeness (QED) is 0.244. The molecule has 0 saturated carbocycles. The summed E-state index contributed by atoms with van der Waals surface area (Å²) in [6, 6.07) is 7.85. The van der Waals surface area contributed by atoms with Gasteiger partial charge in [0.05, 0.1) is 28.7 Å². The molecule has 1 aliphatic heterocycles. The van der Waals surface area contributed by atoms with Gasteiger partial charge in [-0.05, 0) is 45.7 Å². The molecule has 3 aromatic rings. The van der Waals surface area contributed by atoms with Crippen LogP contribution < -0.4 is 10.1 Å². The number of ether oxygens (including phenoxy) is 1. The first-order chi connectivity index (χ1) is 18.4. The van der Waals surface area contributed by atoms with Gasteiger partial charge in [-0.25, -0.2) is 4.98 Å². The smallest absolute Gasteiger partial charge is 0.194 e. The molecule has 1 atom stereocenters. The van der Waals surface area contributed by atoms with Crippen molar-refractivity contribution in [2.75, 3.05) is 0 Å². The number of aromatic nitrogens is 2. The van der Waals surface area contributed by atoms with Crippen LogP contribution in [0.3, 0.4) is 0 Å². The Labute approximate surface area is 225 Å². The number of para-hydroxylation sites is 2. The molecule has 0 saturated heterocycles. The van der Waals surface area contributed by atoms with Crippen molar-refractivity contribution in [3.63, 3.8) is 0 Å². The van der Waals surface area contributed by atoms with Gasteiger partial charge in [-0.15, -0.1) is 0 Å². The number of carbonyl (C=O) groups excluding carboxylic acids is 3. The molecule has 2 aromatic carbocycles. The van der Waals surface area contributed by atoms with Gasteiger partial charge in [0, 0.05) is 23.9 Å². The molecule has 0 radical (unpaired) electrons. The van der Waals surface area contributed by atoms with E-state index in [0.717, 1.165) is 23.4 Å². The fourth-order valence-electron chi connectivity index (χ4n) is 5.49. The minimum Gasteiger partial charge on any atom is -0.507 e. The maximum absolute atomic E-state index is 14.0. The number of carbonyl (C=O) groups is 3. The summed E-state index contributed by atoms with van der Waals surface area (Å²) in [6.07, 6.45) is 1.21. The van der Waals surface area contributed by atoms with Crippen molar-refractivity contribution in [2.24, 2.45) is 5.92 Å².